The van der Waals surface area contributed by atoms with Gasteiger partial charge in [0, 0.05) is 18.7 Å². The summed E-state index contributed by atoms with van der Waals surface area (Å²) in [5.74, 6) is 0.496. The molecule has 1 saturated heterocycles. The molecule has 1 aromatic carbocycles. The molecule has 3 nitrogen and oxygen atoms in total. The average molecular weight is 219 g/mol. The van der Waals surface area contributed by atoms with Gasteiger partial charge in [0.1, 0.15) is 0 Å². The summed E-state index contributed by atoms with van der Waals surface area (Å²) in [4.78, 5) is 13.5. The van der Waals surface area contributed by atoms with Gasteiger partial charge in [-0.05, 0) is 23.6 Å². The summed E-state index contributed by atoms with van der Waals surface area (Å²) in [6.07, 6.45) is -0.334. The fraction of sp³-hybridized carbons (Fsp3) is 0.462. The molecule has 1 aromatic rings. The van der Waals surface area contributed by atoms with Gasteiger partial charge < -0.3 is 10.0 Å². The van der Waals surface area contributed by atoms with Crippen molar-refractivity contribution >= 4 is 5.91 Å². The minimum Gasteiger partial charge on any atom is -0.389 e. The van der Waals surface area contributed by atoms with Crippen molar-refractivity contribution in [1.82, 2.24) is 4.90 Å². The number of benzene rings is 1. The maximum atomic E-state index is 11.9. The Balaban J connectivity index is 2.07. The molecule has 3 heteroatoms. The molecule has 86 valence electrons. The molecule has 16 heavy (non-hydrogen) atoms. The normalized spacial score (nSPS) is 16.4. The number of hydrogen-bond donors (Lipinski definition) is 1. The first-order valence-corrected chi connectivity index (χ1v) is 5.65. The number of hydrogen-bond acceptors (Lipinski definition) is 2. The Hall–Kier alpha value is -1.35. The lowest BCUT2D eigenvalue weighted by atomic mass is 10.0. The van der Waals surface area contributed by atoms with E-state index in [1.54, 1.807) is 4.90 Å². The molecule has 0 aromatic heterocycles. The third-order valence-electron chi connectivity index (χ3n) is 2.97. The highest BCUT2D eigenvalue weighted by molar-refractivity contribution is 5.94. The molecule has 0 spiro atoms. The van der Waals surface area contributed by atoms with Gasteiger partial charge in [0.15, 0.2) is 0 Å². The fourth-order valence-electron chi connectivity index (χ4n) is 1.81. The molecule has 1 heterocycles. The second-order valence-corrected chi connectivity index (χ2v) is 4.64. The molecule has 0 bridgehead atoms. The Morgan fingerprint density at radius 1 is 1.31 bits per heavy atom. The zero-order valence-electron chi connectivity index (χ0n) is 9.68. The lowest BCUT2D eigenvalue weighted by molar-refractivity contribution is 0.00589. The molecule has 1 aliphatic rings. The van der Waals surface area contributed by atoms with Gasteiger partial charge >= 0.3 is 0 Å². The number of carbonyl (C=O) groups excluding carboxylic acids is 1. The summed E-state index contributed by atoms with van der Waals surface area (Å²) in [5.41, 5.74) is 1.94. The Morgan fingerprint density at radius 3 is 2.31 bits per heavy atom. The molecular weight excluding hydrogens is 202 g/mol. The maximum absolute atomic E-state index is 11.9. The van der Waals surface area contributed by atoms with E-state index in [2.05, 4.69) is 13.8 Å². The van der Waals surface area contributed by atoms with Crippen molar-refractivity contribution < 1.29 is 9.90 Å². The quantitative estimate of drug-likeness (QED) is 0.821. The molecule has 0 radical (unpaired) electrons. The van der Waals surface area contributed by atoms with Crippen molar-refractivity contribution in [2.75, 3.05) is 13.1 Å². The highest BCUT2D eigenvalue weighted by Gasteiger charge is 2.29. The summed E-state index contributed by atoms with van der Waals surface area (Å²) in [6, 6.07) is 7.72. The Kier molecular flexibility index (Phi) is 2.97. The first-order valence-electron chi connectivity index (χ1n) is 5.65. The van der Waals surface area contributed by atoms with E-state index >= 15 is 0 Å². The van der Waals surface area contributed by atoms with Gasteiger partial charge in [-0.3, -0.25) is 4.79 Å². The van der Waals surface area contributed by atoms with Crippen molar-refractivity contribution in [1.29, 1.82) is 0 Å². The van der Waals surface area contributed by atoms with Gasteiger partial charge in [-0.1, -0.05) is 26.0 Å². The number of aliphatic hydroxyl groups is 1. The molecule has 2 rings (SSSR count). The number of nitrogens with zero attached hydrogens (tertiary/aromatic N) is 1. The Labute approximate surface area is 95.7 Å². The van der Waals surface area contributed by atoms with E-state index in [0.717, 1.165) is 0 Å². The summed E-state index contributed by atoms with van der Waals surface area (Å²) < 4.78 is 0. The van der Waals surface area contributed by atoms with Crippen LogP contribution in [0.4, 0.5) is 0 Å². The van der Waals surface area contributed by atoms with Gasteiger partial charge in [0.25, 0.3) is 5.91 Å². The third-order valence-corrected chi connectivity index (χ3v) is 2.97. The van der Waals surface area contributed by atoms with E-state index in [4.69, 9.17) is 5.11 Å². The van der Waals surface area contributed by atoms with E-state index in [-0.39, 0.29) is 12.0 Å². The van der Waals surface area contributed by atoms with Crippen molar-refractivity contribution in [2.45, 2.75) is 25.9 Å². The van der Waals surface area contributed by atoms with Crippen LogP contribution in [0.2, 0.25) is 0 Å². The van der Waals surface area contributed by atoms with E-state index in [1.165, 1.54) is 5.56 Å². The Morgan fingerprint density at radius 2 is 1.88 bits per heavy atom. The number of carbonyl (C=O) groups is 1. The van der Waals surface area contributed by atoms with E-state index in [1.807, 2.05) is 24.3 Å². The first-order chi connectivity index (χ1) is 7.58. The molecule has 0 atom stereocenters. The second-order valence-electron chi connectivity index (χ2n) is 4.64. The van der Waals surface area contributed by atoms with E-state index < -0.39 is 0 Å². The van der Waals surface area contributed by atoms with Crippen LogP contribution in [0.1, 0.15) is 35.7 Å². The molecule has 0 saturated carbocycles. The number of β-amino-alcohol motifs (C(OH)–C–C–N with tert-alkyl or cyclic N) is 1. The standard InChI is InChI=1S/C13H17NO2/c1-9(2)10-3-5-11(6-4-10)13(16)14-7-12(15)8-14/h3-6,9,12,15H,7-8H2,1-2H3. The monoisotopic (exact) mass is 219 g/mol. The smallest absolute Gasteiger partial charge is 0.254 e. The van der Waals surface area contributed by atoms with Gasteiger partial charge in [-0.15, -0.1) is 0 Å². The van der Waals surface area contributed by atoms with Crippen LogP contribution in [0, 0.1) is 0 Å². The fourth-order valence-corrected chi connectivity index (χ4v) is 1.81. The van der Waals surface area contributed by atoms with E-state index in [9.17, 15) is 4.79 Å². The van der Waals surface area contributed by atoms with Gasteiger partial charge in [-0.2, -0.15) is 0 Å². The lowest BCUT2D eigenvalue weighted by Crippen LogP contribution is -2.53. The third kappa shape index (κ3) is 2.09. The minimum atomic E-state index is -0.334. The predicted octanol–water partition coefficient (Wildman–Crippen LogP) is 1.63. The van der Waals surface area contributed by atoms with Crippen LogP contribution in [0.15, 0.2) is 24.3 Å². The highest BCUT2D eigenvalue weighted by atomic mass is 16.3. The highest BCUT2D eigenvalue weighted by Crippen LogP contribution is 2.17. The summed E-state index contributed by atoms with van der Waals surface area (Å²) in [6.45, 7) is 5.18. The predicted molar refractivity (Wildman–Crippen MR) is 62.4 cm³/mol. The molecule has 1 amide bonds. The van der Waals surface area contributed by atoms with Crippen LogP contribution >= 0.6 is 0 Å². The second kappa shape index (κ2) is 4.26. The summed E-state index contributed by atoms with van der Waals surface area (Å²) in [5, 5.41) is 9.14. The van der Waals surface area contributed by atoms with Crippen molar-refractivity contribution in [3.8, 4) is 0 Å². The minimum absolute atomic E-state index is 0.0145. The van der Waals surface area contributed by atoms with Crippen LogP contribution in [-0.4, -0.2) is 35.1 Å². The van der Waals surface area contributed by atoms with Crippen molar-refractivity contribution in [3.63, 3.8) is 0 Å². The van der Waals surface area contributed by atoms with E-state index in [0.29, 0.717) is 24.6 Å². The van der Waals surface area contributed by atoms with Gasteiger partial charge in [0.05, 0.1) is 6.10 Å². The summed E-state index contributed by atoms with van der Waals surface area (Å²) >= 11 is 0. The molecule has 1 fully saturated rings. The molecule has 0 aliphatic carbocycles. The van der Waals surface area contributed by atoms with Crippen LogP contribution in [0.3, 0.4) is 0 Å². The van der Waals surface area contributed by atoms with Crippen molar-refractivity contribution in [3.05, 3.63) is 35.4 Å². The molecular formula is C13H17NO2. The SMILES string of the molecule is CC(C)c1ccc(C(=O)N2CC(O)C2)cc1. The Bertz CT molecular complexity index is 377. The van der Waals surface area contributed by atoms with Gasteiger partial charge in [-0.25, -0.2) is 0 Å². The molecule has 0 unspecified atom stereocenters. The largest absolute Gasteiger partial charge is 0.389 e. The first kappa shape index (κ1) is 11.1. The number of amides is 1. The summed E-state index contributed by atoms with van der Waals surface area (Å²) in [7, 11) is 0. The molecule has 1 aliphatic heterocycles. The van der Waals surface area contributed by atoms with Crippen LogP contribution in [0.5, 0.6) is 0 Å². The topological polar surface area (TPSA) is 40.5 Å². The zero-order chi connectivity index (χ0) is 11.7. The zero-order valence-corrected chi connectivity index (χ0v) is 9.68. The lowest BCUT2D eigenvalue weighted by Gasteiger charge is -2.35. The number of likely N-dealkylation sites (tertiary alicyclic amines) is 1. The molecule has 1 N–H and O–H groups in total. The van der Waals surface area contributed by atoms with Crippen molar-refractivity contribution in [2.24, 2.45) is 0 Å². The maximum Gasteiger partial charge on any atom is 0.254 e. The number of rotatable bonds is 2. The van der Waals surface area contributed by atoms with Crippen LogP contribution < -0.4 is 0 Å². The van der Waals surface area contributed by atoms with Gasteiger partial charge in [0.2, 0.25) is 0 Å². The number of aliphatic hydroxyl groups excluding tert-OH is 1. The van der Waals surface area contributed by atoms with Crippen LogP contribution in [0.25, 0.3) is 0 Å². The average Bonchev–Trinajstić information content (AvgIpc) is 2.24. The van der Waals surface area contributed by atoms with Crippen LogP contribution in [-0.2, 0) is 0 Å².